The van der Waals surface area contributed by atoms with E-state index in [0.717, 1.165) is 16.0 Å². The summed E-state index contributed by atoms with van der Waals surface area (Å²) in [6.45, 7) is 0. The van der Waals surface area contributed by atoms with E-state index in [1.54, 1.807) is 6.07 Å². The summed E-state index contributed by atoms with van der Waals surface area (Å²) in [7, 11) is 0. The van der Waals surface area contributed by atoms with Crippen LogP contribution in [-0.4, -0.2) is 5.25 Å². The van der Waals surface area contributed by atoms with E-state index < -0.39 is 0 Å². The summed E-state index contributed by atoms with van der Waals surface area (Å²) in [5.74, 6) is 0. The number of benzene rings is 2. The summed E-state index contributed by atoms with van der Waals surface area (Å²) in [6, 6.07) is 14.1. The van der Waals surface area contributed by atoms with Gasteiger partial charge >= 0.3 is 0 Å². The van der Waals surface area contributed by atoms with Gasteiger partial charge in [0.05, 0.1) is 11.1 Å². The molecule has 0 heterocycles. The Morgan fingerprint density at radius 2 is 1.55 bits per heavy atom. The van der Waals surface area contributed by atoms with Gasteiger partial charge in [-0.05, 0) is 47.9 Å². The first-order valence-corrected chi connectivity index (χ1v) is 7.73. The smallest absolute Gasteiger partial charge is 0.101 e. The molecule has 1 fully saturated rings. The van der Waals surface area contributed by atoms with Crippen LogP contribution in [0.2, 0.25) is 0 Å². The third-order valence-electron chi connectivity index (χ3n) is 3.79. The Morgan fingerprint density at radius 1 is 0.900 bits per heavy atom. The lowest BCUT2D eigenvalue weighted by molar-refractivity contribution is 0.886. The van der Waals surface area contributed by atoms with Crippen molar-refractivity contribution in [2.75, 3.05) is 0 Å². The Balaban J connectivity index is 1.98. The molecular formula is C17H14N2S. The lowest BCUT2D eigenvalue weighted by Crippen LogP contribution is -1.93. The topological polar surface area (TPSA) is 47.6 Å². The molecule has 20 heavy (non-hydrogen) atoms. The van der Waals surface area contributed by atoms with E-state index in [4.69, 9.17) is 10.5 Å². The number of nitriles is 2. The highest BCUT2D eigenvalue weighted by molar-refractivity contribution is 8.00. The molecule has 0 N–H and O–H groups in total. The second kappa shape index (κ2) is 5.57. The van der Waals surface area contributed by atoms with Crippen LogP contribution in [0.25, 0.3) is 10.8 Å². The van der Waals surface area contributed by atoms with Gasteiger partial charge in [-0.25, -0.2) is 0 Å². The summed E-state index contributed by atoms with van der Waals surface area (Å²) in [6.07, 6.45) is 5.30. The van der Waals surface area contributed by atoms with E-state index in [1.165, 1.54) is 30.6 Å². The van der Waals surface area contributed by atoms with Crippen LogP contribution < -0.4 is 0 Å². The molecule has 1 aliphatic rings. The molecule has 0 bridgehead atoms. The van der Waals surface area contributed by atoms with E-state index in [1.807, 2.05) is 17.8 Å². The van der Waals surface area contributed by atoms with Crippen molar-refractivity contribution in [3.05, 3.63) is 41.5 Å². The monoisotopic (exact) mass is 278 g/mol. The van der Waals surface area contributed by atoms with Crippen molar-refractivity contribution in [1.82, 2.24) is 0 Å². The first-order chi connectivity index (χ1) is 9.80. The maximum absolute atomic E-state index is 9.10. The molecule has 2 aromatic carbocycles. The summed E-state index contributed by atoms with van der Waals surface area (Å²) >= 11 is 1.94. The molecule has 3 heteroatoms. The molecule has 1 aliphatic carbocycles. The van der Waals surface area contributed by atoms with Gasteiger partial charge in [0.2, 0.25) is 0 Å². The number of fused-ring (bicyclic) bond motifs is 1. The Morgan fingerprint density at radius 3 is 2.20 bits per heavy atom. The van der Waals surface area contributed by atoms with Crippen LogP contribution in [0.5, 0.6) is 0 Å². The lowest BCUT2D eigenvalue weighted by atomic mass is 10.0. The molecule has 0 amide bonds. The van der Waals surface area contributed by atoms with Crippen molar-refractivity contribution in [3.8, 4) is 12.1 Å². The molecule has 0 aromatic heterocycles. The van der Waals surface area contributed by atoms with Crippen LogP contribution in [0, 0.1) is 22.7 Å². The summed E-state index contributed by atoms with van der Waals surface area (Å²) in [5.41, 5.74) is 0.916. The van der Waals surface area contributed by atoms with Crippen LogP contribution in [0.3, 0.4) is 0 Å². The normalized spacial score (nSPS) is 15.1. The maximum Gasteiger partial charge on any atom is 0.101 e. The highest BCUT2D eigenvalue weighted by Crippen LogP contribution is 2.36. The van der Waals surface area contributed by atoms with Gasteiger partial charge in [0.15, 0.2) is 0 Å². The minimum atomic E-state index is 0.455. The molecule has 3 rings (SSSR count). The average Bonchev–Trinajstić information content (AvgIpc) is 2.98. The number of thioether (sulfide) groups is 1. The zero-order chi connectivity index (χ0) is 13.9. The molecule has 2 nitrogen and oxygen atoms in total. The van der Waals surface area contributed by atoms with Crippen LogP contribution in [0.4, 0.5) is 0 Å². The van der Waals surface area contributed by atoms with Gasteiger partial charge in [-0.3, -0.25) is 0 Å². The van der Waals surface area contributed by atoms with Crippen LogP contribution >= 0.6 is 11.8 Å². The Hall–Kier alpha value is -1.97. The number of hydrogen-bond acceptors (Lipinski definition) is 3. The zero-order valence-electron chi connectivity index (χ0n) is 11.1. The summed E-state index contributed by atoms with van der Waals surface area (Å²) < 4.78 is 0. The average molecular weight is 278 g/mol. The standard InChI is InChI=1S/C17H14N2S/c18-10-14-7-12-5-6-17(20-16-3-1-2-4-16)9-13(12)8-15(14)11-19/h5-9,16H,1-4H2. The number of rotatable bonds is 2. The van der Waals surface area contributed by atoms with E-state index in [2.05, 4.69) is 30.3 Å². The third kappa shape index (κ3) is 2.50. The summed E-state index contributed by atoms with van der Waals surface area (Å²) in [5, 5.41) is 21.0. The van der Waals surface area contributed by atoms with Gasteiger partial charge in [0, 0.05) is 10.1 Å². The van der Waals surface area contributed by atoms with Crippen molar-refractivity contribution in [1.29, 1.82) is 10.5 Å². The number of hydrogen-bond donors (Lipinski definition) is 0. The lowest BCUT2D eigenvalue weighted by Gasteiger charge is -2.09. The van der Waals surface area contributed by atoms with Gasteiger partial charge in [-0.1, -0.05) is 18.9 Å². The van der Waals surface area contributed by atoms with E-state index in [-0.39, 0.29) is 0 Å². The quantitative estimate of drug-likeness (QED) is 0.805. The maximum atomic E-state index is 9.10. The van der Waals surface area contributed by atoms with Crippen LogP contribution in [-0.2, 0) is 0 Å². The largest absolute Gasteiger partial charge is 0.192 e. The van der Waals surface area contributed by atoms with Crippen molar-refractivity contribution < 1.29 is 0 Å². The van der Waals surface area contributed by atoms with Gasteiger partial charge in [-0.2, -0.15) is 10.5 Å². The Bertz CT molecular complexity index is 731. The SMILES string of the molecule is N#Cc1cc2ccc(SC3CCCC3)cc2cc1C#N. The van der Waals surface area contributed by atoms with Crippen molar-refractivity contribution in [3.63, 3.8) is 0 Å². The minimum absolute atomic E-state index is 0.455. The molecule has 1 saturated carbocycles. The van der Waals surface area contributed by atoms with Crippen LogP contribution in [0.1, 0.15) is 36.8 Å². The number of nitrogens with zero attached hydrogens (tertiary/aromatic N) is 2. The minimum Gasteiger partial charge on any atom is -0.192 e. The van der Waals surface area contributed by atoms with E-state index in [0.29, 0.717) is 11.1 Å². The molecule has 2 aromatic rings. The van der Waals surface area contributed by atoms with E-state index in [9.17, 15) is 0 Å². The predicted molar refractivity (Wildman–Crippen MR) is 81.5 cm³/mol. The van der Waals surface area contributed by atoms with Crippen molar-refractivity contribution in [2.24, 2.45) is 0 Å². The molecule has 0 saturated heterocycles. The second-order valence-electron chi connectivity index (χ2n) is 5.15. The fourth-order valence-corrected chi connectivity index (χ4v) is 4.03. The Kier molecular flexibility index (Phi) is 3.63. The first-order valence-electron chi connectivity index (χ1n) is 6.85. The van der Waals surface area contributed by atoms with Gasteiger partial charge < -0.3 is 0 Å². The molecular weight excluding hydrogens is 264 g/mol. The third-order valence-corrected chi connectivity index (χ3v) is 5.12. The highest BCUT2D eigenvalue weighted by Gasteiger charge is 2.16. The molecule has 0 spiro atoms. The van der Waals surface area contributed by atoms with Gasteiger partial charge in [0.25, 0.3) is 0 Å². The van der Waals surface area contributed by atoms with Gasteiger partial charge in [0.1, 0.15) is 12.1 Å². The van der Waals surface area contributed by atoms with Crippen molar-refractivity contribution >= 4 is 22.5 Å². The highest BCUT2D eigenvalue weighted by atomic mass is 32.2. The predicted octanol–water partition coefficient (Wildman–Crippen LogP) is 4.62. The second-order valence-corrected chi connectivity index (χ2v) is 6.53. The molecule has 98 valence electrons. The fraction of sp³-hybridized carbons (Fsp3) is 0.294. The first kappa shape index (κ1) is 13.0. The van der Waals surface area contributed by atoms with E-state index >= 15 is 0 Å². The molecule has 0 unspecified atom stereocenters. The summed E-state index contributed by atoms with van der Waals surface area (Å²) in [4.78, 5) is 1.26. The van der Waals surface area contributed by atoms with Crippen molar-refractivity contribution in [2.45, 2.75) is 35.8 Å². The Labute approximate surface area is 123 Å². The molecule has 0 atom stereocenters. The zero-order valence-corrected chi connectivity index (χ0v) is 11.9. The van der Waals surface area contributed by atoms with Crippen LogP contribution in [0.15, 0.2) is 35.2 Å². The molecule has 0 radical (unpaired) electrons. The fourth-order valence-electron chi connectivity index (χ4n) is 2.73. The van der Waals surface area contributed by atoms with Gasteiger partial charge in [-0.15, -0.1) is 11.8 Å². The molecule has 0 aliphatic heterocycles.